The highest BCUT2D eigenvalue weighted by Crippen LogP contribution is 2.19. The van der Waals surface area contributed by atoms with Crippen LogP contribution >= 0.6 is 0 Å². The van der Waals surface area contributed by atoms with Crippen molar-refractivity contribution in [3.8, 4) is 11.5 Å². The van der Waals surface area contributed by atoms with E-state index in [2.05, 4.69) is 0 Å². The van der Waals surface area contributed by atoms with Crippen molar-refractivity contribution in [1.29, 1.82) is 0 Å². The van der Waals surface area contributed by atoms with Crippen LogP contribution < -0.4 is 9.47 Å². The lowest BCUT2D eigenvalue weighted by molar-refractivity contribution is -0.00633. The molecule has 2 atom stereocenters. The Morgan fingerprint density at radius 2 is 1.62 bits per heavy atom. The van der Waals surface area contributed by atoms with Gasteiger partial charge in [0.15, 0.2) is 0 Å². The predicted molar refractivity (Wildman–Crippen MR) is 90.8 cm³/mol. The summed E-state index contributed by atoms with van der Waals surface area (Å²) in [5.74, 6) is 0.130. The number of hydrogen-bond acceptors (Lipinski definition) is 4. The van der Waals surface area contributed by atoms with Gasteiger partial charge >= 0.3 is 5.97 Å². The van der Waals surface area contributed by atoms with Gasteiger partial charge in [0, 0.05) is 0 Å². The first kappa shape index (κ1) is 17.8. The van der Waals surface area contributed by atoms with Crippen LogP contribution in [-0.4, -0.2) is 36.5 Å². The summed E-state index contributed by atoms with van der Waals surface area (Å²) in [6.07, 6.45) is -0.379. The molecule has 0 saturated heterocycles. The highest BCUT2D eigenvalue weighted by molar-refractivity contribution is 5.90. The molecular weight excluding hydrogens is 308 g/mol. The molecule has 2 aromatic rings. The van der Waals surface area contributed by atoms with E-state index in [4.69, 9.17) is 19.3 Å². The quantitative estimate of drug-likeness (QED) is 0.760. The van der Waals surface area contributed by atoms with Gasteiger partial charge in [-0.15, -0.1) is 0 Å². The molecule has 0 bridgehead atoms. The second-order valence-electron chi connectivity index (χ2n) is 5.50. The van der Waals surface area contributed by atoms with Gasteiger partial charge in [-0.25, -0.2) is 4.79 Å². The Morgan fingerprint density at radius 3 is 2.33 bits per heavy atom. The molecule has 1 N–H and O–H groups in total. The van der Waals surface area contributed by atoms with Crippen molar-refractivity contribution < 1.29 is 24.1 Å². The average Bonchev–Trinajstić information content (AvgIpc) is 2.59. The number of ether oxygens (including phenoxy) is 3. The van der Waals surface area contributed by atoms with Crippen LogP contribution in [0.25, 0.3) is 0 Å². The first-order valence-corrected chi connectivity index (χ1v) is 7.84. The van der Waals surface area contributed by atoms with Gasteiger partial charge in [0.1, 0.15) is 29.8 Å². The zero-order valence-electron chi connectivity index (χ0n) is 13.8. The van der Waals surface area contributed by atoms with Crippen LogP contribution in [0.3, 0.4) is 0 Å². The van der Waals surface area contributed by atoms with E-state index >= 15 is 0 Å². The van der Waals surface area contributed by atoms with E-state index in [1.165, 1.54) is 6.07 Å². The summed E-state index contributed by atoms with van der Waals surface area (Å²) in [6.45, 7) is 4.53. The van der Waals surface area contributed by atoms with Gasteiger partial charge in [-0.2, -0.15) is 0 Å². The number of carboxylic acid groups (broad SMARTS) is 1. The second-order valence-corrected chi connectivity index (χ2v) is 5.50. The smallest absolute Gasteiger partial charge is 0.339 e. The molecular formula is C19H22O5. The Kier molecular flexibility index (Phi) is 6.63. The zero-order chi connectivity index (χ0) is 17.4. The van der Waals surface area contributed by atoms with E-state index in [-0.39, 0.29) is 17.8 Å². The molecule has 0 aliphatic carbocycles. The third kappa shape index (κ3) is 5.59. The van der Waals surface area contributed by atoms with Crippen LogP contribution in [0, 0.1) is 0 Å². The maximum absolute atomic E-state index is 11.2. The molecule has 0 heterocycles. The minimum Gasteiger partial charge on any atom is -0.491 e. The predicted octanol–water partition coefficient (Wildman–Crippen LogP) is 3.64. The third-order valence-corrected chi connectivity index (χ3v) is 3.29. The second kappa shape index (κ2) is 8.93. The van der Waals surface area contributed by atoms with Crippen molar-refractivity contribution in [2.45, 2.75) is 26.1 Å². The molecule has 0 fully saturated rings. The molecule has 5 heteroatoms. The Balaban J connectivity index is 1.76. The molecule has 0 aromatic heterocycles. The highest BCUT2D eigenvalue weighted by Gasteiger charge is 2.14. The maximum Gasteiger partial charge on any atom is 0.339 e. The largest absolute Gasteiger partial charge is 0.491 e. The molecule has 24 heavy (non-hydrogen) atoms. The van der Waals surface area contributed by atoms with Gasteiger partial charge in [-0.3, -0.25) is 0 Å². The van der Waals surface area contributed by atoms with E-state index in [0.29, 0.717) is 19.0 Å². The maximum atomic E-state index is 11.2. The van der Waals surface area contributed by atoms with E-state index in [0.717, 1.165) is 5.75 Å². The number of rotatable bonds is 9. The Hall–Kier alpha value is -2.53. The molecule has 0 amide bonds. The lowest BCUT2D eigenvalue weighted by Crippen LogP contribution is -2.26. The molecule has 0 saturated carbocycles. The lowest BCUT2D eigenvalue weighted by atomic mass is 10.2. The number of para-hydroxylation sites is 2. The van der Waals surface area contributed by atoms with E-state index < -0.39 is 5.97 Å². The lowest BCUT2D eigenvalue weighted by Gasteiger charge is -2.19. The summed E-state index contributed by atoms with van der Waals surface area (Å²) in [6, 6.07) is 16.1. The van der Waals surface area contributed by atoms with Crippen LogP contribution in [0.15, 0.2) is 54.6 Å². The van der Waals surface area contributed by atoms with Gasteiger partial charge in [0.05, 0.1) is 12.7 Å². The average molecular weight is 330 g/mol. The van der Waals surface area contributed by atoms with E-state index in [9.17, 15) is 4.79 Å². The molecule has 2 unspecified atom stereocenters. The molecule has 0 radical (unpaired) electrons. The van der Waals surface area contributed by atoms with Crippen molar-refractivity contribution in [3.63, 3.8) is 0 Å². The van der Waals surface area contributed by atoms with Crippen LogP contribution in [0.4, 0.5) is 0 Å². The van der Waals surface area contributed by atoms with Crippen molar-refractivity contribution in [3.05, 3.63) is 60.2 Å². The fourth-order valence-corrected chi connectivity index (χ4v) is 2.08. The molecule has 0 aliphatic heterocycles. The minimum absolute atomic E-state index is 0.106. The number of carboxylic acids is 1. The summed E-state index contributed by atoms with van der Waals surface area (Å²) in [7, 11) is 0. The first-order valence-electron chi connectivity index (χ1n) is 7.84. The van der Waals surface area contributed by atoms with Crippen LogP contribution in [-0.2, 0) is 4.74 Å². The number of carbonyl (C=O) groups is 1. The third-order valence-electron chi connectivity index (χ3n) is 3.29. The number of aromatic carboxylic acids is 1. The van der Waals surface area contributed by atoms with Crippen molar-refractivity contribution in [2.75, 3.05) is 13.2 Å². The summed E-state index contributed by atoms with van der Waals surface area (Å²) in [4.78, 5) is 11.2. The molecule has 5 nitrogen and oxygen atoms in total. The number of hydrogen-bond donors (Lipinski definition) is 1. The van der Waals surface area contributed by atoms with Crippen molar-refractivity contribution in [1.82, 2.24) is 0 Å². The Morgan fingerprint density at radius 1 is 0.958 bits per heavy atom. The molecule has 0 spiro atoms. The Labute approximate surface area is 141 Å². The van der Waals surface area contributed by atoms with Gasteiger partial charge < -0.3 is 19.3 Å². The van der Waals surface area contributed by atoms with Crippen LogP contribution in [0.5, 0.6) is 11.5 Å². The number of benzene rings is 2. The van der Waals surface area contributed by atoms with Gasteiger partial charge in [-0.05, 0) is 38.1 Å². The van der Waals surface area contributed by atoms with E-state index in [1.54, 1.807) is 18.2 Å². The Bertz CT molecular complexity index is 641. The summed E-state index contributed by atoms with van der Waals surface area (Å²) < 4.78 is 17.0. The summed E-state index contributed by atoms with van der Waals surface area (Å²) in [5, 5.41) is 9.15. The van der Waals surface area contributed by atoms with Crippen LogP contribution in [0.2, 0.25) is 0 Å². The molecule has 2 aromatic carbocycles. The molecule has 2 rings (SSSR count). The fraction of sp³-hybridized carbons (Fsp3) is 0.316. The molecule has 128 valence electrons. The highest BCUT2D eigenvalue weighted by atomic mass is 16.6. The van der Waals surface area contributed by atoms with Crippen molar-refractivity contribution >= 4 is 5.97 Å². The normalized spacial score (nSPS) is 13.1. The zero-order valence-corrected chi connectivity index (χ0v) is 13.8. The van der Waals surface area contributed by atoms with Gasteiger partial charge in [0.2, 0.25) is 0 Å². The first-order chi connectivity index (χ1) is 11.6. The van der Waals surface area contributed by atoms with Gasteiger partial charge in [0.25, 0.3) is 0 Å². The van der Waals surface area contributed by atoms with E-state index in [1.807, 2.05) is 44.2 Å². The van der Waals surface area contributed by atoms with Crippen LogP contribution in [0.1, 0.15) is 24.2 Å². The topological polar surface area (TPSA) is 65.0 Å². The van der Waals surface area contributed by atoms with Gasteiger partial charge in [-0.1, -0.05) is 30.3 Å². The standard InChI is InChI=1S/C19H22O5/c1-14(12-23-16-8-4-3-5-9-16)22-13-15(2)24-18-11-7-6-10-17(18)19(20)21/h3-11,14-15H,12-13H2,1-2H3,(H,20,21). The SMILES string of the molecule is CC(COc1ccccc1)OCC(C)Oc1ccccc1C(=O)O. The minimum atomic E-state index is -1.01. The van der Waals surface area contributed by atoms with Crippen molar-refractivity contribution in [2.24, 2.45) is 0 Å². The summed E-state index contributed by atoms with van der Waals surface area (Å²) >= 11 is 0. The summed E-state index contributed by atoms with van der Waals surface area (Å²) in [5.41, 5.74) is 0.143. The fourth-order valence-electron chi connectivity index (χ4n) is 2.08. The monoisotopic (exact) mass is 330 g/mol. The molecule has 0 aliphatic rings.